The fourth-order valence-corrected chi connectivity index (χ4v) is 2.71. The quantitative estimate of drug-likeness (QED) is 0.250. The van der Waals surface area contributed by atoms with Crippen LogP contribution < -0.4 is 10.6 Å². The van der Waals surface area contributed by atoms with Crippen molar-refractivity contribution in [2.75, 3.05) is 18.4 Å². The molecule has 12 heteroatoms. The first-order chi connectivity index (χ1) is 11.5. The summed E-state index contributed by atoms with van der Waals surface area (Å²) in [4.78, 5) is 1.41. The highest BCUT2D eigenvalue weighted by Gasteiger charge is 2.34. The van der Waals surface area contributed by atoms with Crippen molar-refractivity contribution in [2.24, 2.45) is 0 Å². The number of halogens is 6. The van der Waals surface area contributed by atoms with E-state index >= 15 is 0 Å². The monoisotopic (exact) mass is 417 g/mol. The number of hydrogen-bond donors (Lipinski definition) is 4. The molecule has 146 valence electrons. The molecule has 0 atom stereocenters. The minimum atomic E-state index is -4.37. The maximum atomic E-state index is 13.1. The maximum Gasteiger partial charge on any atom is 0.446 e. The minimum absolute atomic E-state index is 0. The number of benzene rings is 1. The van der Waals surface area contributed by atoms with Gasteiger partial charge in [-0.1, -0.05) is 0 Å². The number of nitrogens with one attached hydrogen (secondary N) is 4. The molecule has 1 aliphatic heterocycles. The van der Waals surface area contributed by atoms with Crippen LogP contribution in [-0.2, 0) is 0 Å². The largest absolute Gasteiger partial charge is 0.446 e. The lowest BCUT2D eigenvalue weighted by Crippen LogP contribution is -2.50. The van der Waals surface area contributed by atoms with Crippen LogP contribution in [0.2, 0.25) is 0 Å². The van der Waals surface area contributed by atoms with Gasteiger partial charge >= 0.3 is 5.51 Å². The Morgan fingerprint density at radius 1 is 1.08 bits per heavy atom. The van der Waals surface area contributed by atoms with E-state index in [1.807, 2.05) is 0 Å². The predicted octanol–water partition coefficient (Wildman–Crippen LogP) is 4.32. The topological polar surface area (TPSA) is 75.0 Å². The van der Waals surface area contributed by atoms with Crippen molar-refractivity contribution in [2.45, 2.75) is 29.2 Å². The first-order valence-electron chi connectivity index (χ1n) is 7.24. The maximum absolute atomic E-state index is 13.1. The van der Waals surface area contributed by atoms with Crippen LogP contribution in [-0.4, -0.2) is 41.3 Å². The SMILES string of the molecule is Cl.N=C(NC(=N)N1CCC(F)(F)CC1)Nc1ccc(SC(F)(F)F)cc1. The Kier molecular flexibility index (Phi) is 7.51. The van der Waals surface area contributed by atoms with Crippen LogP contribution in [0, 0.1) is 10.8 Å². The van der Waals surface area contributed by atoms with E-state index in [-0.39, 0.29) is 66.9 Å². The normalized spacial score (nSPS) is 16.4. The number of likely N-dealkylation sites (tertiary alicyclic amines) is 1. The van der Waals surface area contributed by atoms with Gasteiger partial charge in [0.15, 0.2) is 11.9 Å². The van der Waals surface area contributed by atoms with Crippen molar-refractivity contribution in [3.63, 3.8) is 0 Å². The number of thioether (sulfide) groups is 1. The number of anilines is 1. The van der Waals surface area contributed by atoms with Gasteiger partial charge in [-0.05, 0) is 36.0 Å². The molecule has 1 aromatic carbocycles. The molecule has 26 heavy (non-hydrogen) atoms. The molecular weight excluding hydrogens is 401 g/mol. The smallest absolute Gasteiger partial charge is 0.342 e. The van der Waals surface area contributed by atoms with E-state index in [0.29, 0.717) is 5.69 Å². The van der Waals surface area contributed by atoms with Crippen molar-refractivity contribution in [1.82, 2.24) is 10.2 Å². The van der Waals surface area contributed by atoms with Crippen molar-refractivity contribution < 1.29 is 22.0 Å². The molecule has 1 fully saturated rings. The van der Waals surface area contributed by atoms with Gasteiger partial charge in [-0.2, -0.15) is 13.2 Å². The molecule has 2 rings (SSSR count). The highest BCUT2D eigenvalue weighted by Crippen LogP contribution is 2.37. The number of piperidine rings is 1. The third-order valence-corrected chi connectivity index (χ3v) is 4.15. The zero-order chi connectivity index (χ0) is 18.7. The first-order valence-corrected chi connectivity index (χ1v) is 8.05. The molecule has 1 saturated heterocycles. The lowest BCUT2D eigenvalue weighted by atomic mass is 10.1. The van der Waals surface area contributed by atoms with Crippen molar-refractivity contribution in [1.29, 1.82) is 10.8 Å². The summed E-state index contributed by atoms with van der Waals surface area (Å²) >= 11 is -0.242. The second-order valence-electron chi connectivity index (χ2n) is 5.39. The highest BCUT2D eigenvalue weighted by molar-refractivity contribution is 8.00. The zero-order valence-corrected chi connectivity index (χ0v) is 14.9. The zero-order valence-electron chi connectivity index (χ0n) is 13.3. The molecule has 0 saturated carbocycles. The molecule has 1 aliphatic rings. The van der Waals surface area contributed by atoms with E-state index in [9.17, 15) is 22.0 Å². The van der Waals surface area contributed by atoms with Crippen LogP contribution in [0.1, 0.15) is 12.8 Å². The summed E-state index contributed by atoms with van der Waals surface area (Å²) < 4.78 is 62.9. The lowest BCUT2D eigenvalue weighted by Gasteiger charge is -2.33. The lowest BCUT2D eigenvalue weighted by molar-refractivity contribution is -0.0439. The Morgan fingerprint density at radius 3 is 2.12 bits per heavy atom. The number of alkyl halides is 5. The molecule has 0 unspecified atom stereocenters. The Hall–Kier alpha value is -1.75. The number of guanidine groups is 2. The molecule has 5 nitrogen and oxygen atoms in total. The number of rotatable bonds is 2. The third kappa shape index (κ3) is 7.24. The fourth-order valence-electron chi connectivity index (χ4n) is 2.17. The van der Waals surface area contributed by atoms with Crippen LogP contribution in [0.25, 0.3) is 0 Å². The average molecular weight is 418 g/mol. The van der Waals surface area contributed by atoms with Crippen molar-refractivity contribution >= 4 is 41.8 Å². The summed E-state index contributed by atoms with van der Waals surface area (Å²) in [6.45, 7) is 0.0188. The van der Waals surface area contributed by atoms with Crippen molar-refractivity contribution in [3.05, 3.63) is 24.3 Å². The molecule has 0 aliphatic carbocycles. The van der Waals surface area contributed by atoms with Gasteiger partial charge in [0.1, 0.15) is 0 Å². The average Bonchev–Trinajstić information content (AvgIpc) is 2.47. The summed E-state index contributed by atoms with van der Waals surface area (Å²) in [5.41, 5.74) is -4.01. The molecule has 4 N–H and O–H groups in total. The molecular formula is C14H17ClF5N5S. The second kappa shape index (κ2) is 8.76. The molecule has 1 aromatic rings. The molecule has 0 radical (unpaired) electrons. The predicted molar refractivity (Wildman–Crippen MR) is 93.6 cm³/mol. The molecule has 0 aromatic heterocycles. The Morgan fingerprint density at radius 2 is 1.62 bits per heavy atom. The summed E-state index contributed by atoms with van der Waals surface area (Å²) in [5.74, 6) is -3.19. The number of hydrogen-bond acceptors (Lipinski definition) is 3. The fraction of sp³-hybridized carbons (Fsp3) is 0.429. The Labute approximate surface area is 157 Å². The Balaban J connectivity index is 0.00000338. The van der Waals surface area contributed by atoms with Crippen LogP contribution in [0.5, 0.6) is 0 Å². The minimum Gasteiger partial charge on any atom is -0.342 e. The van der Waals surface area contributed by atoms with E-state index in [0.717, 1.165) is 0 Å². The molecule has 1 heterocycles. The number of nitrogens with zero attached hydrogens (tertiary/aromatic N) is 1. The van der Waals surface area contributed by atoms with Gasteiger partial charge in [-0.3, -0.25) is 16.1 Å². The first kappa shape index (κ1) is 22.3. The molecule has 0 amide bonds. The van der Waals surface area contributed by atoms with E-state index in [2.05, 4.69) is 10.6 Å². The summed E-state index contributed by atoms with van der Waals surface area (Å²) in [6.07, 6.45) is -0.702. The van der Waals surface area contributed by atoms with Gasteiger partial charge in [0.05, 0.1) is 0 Å². The van der Waals surface area contributed by atoms with Gasteiger partial charge in [0.25, 0.3) is 5.92 Å². The van der Waals surface area contributed by atoms with Crippen LogP contribution in [0.4, 0.5) is 27.6 Å². The molecule has 0 bridgehead atoms. The summed E-state index contributed by atoms with van der Waals surface area (Å²) in [6, 6.07) is 5.25. The standard InChI is InChI=1S/C14H16F5N5S.ClH/c15-13(16)5-7-24(8-6-13)12(21)23-11(20)22-9-1-3-10(4-2-9)25-14(17,18)19;/h1-4H,5-8H2,(H4,20,21,22,23);1H. The third-order valence-electron chi connectivity index (χ3n) is 3.41. The van der Waals surface area contributed by atoms with Crippen molar-refractivity contribution in [3.8, 4) is 0 Å². The van der Waals surface area contributed by atoms with Crippen LogP contribution >= 0.6 is 24.2 Å². The van der Waals surface area contributed by atoms with Crippen LogP contribution in [0.3, 0.4) is 0 Å². The van der Waals surface area contributed by atoms with Gasteiger partial charge in [-0.25, -0.2) is 8.78 Å². The van der Waals surface area contributed by atoms with E-state index in [1.54, 1.807) is 0 Å². The van der Waals surface area contributed by atoms with Gasteiger partial charge in [0, 0.05) is 36.5 Å². The van der Waals surface area contributed by atoms with Crippen LogP contribution in [0.15, 0.2) is 29.2 Å². The second-order valence-corrected chi connectivity index (χ2v) is 6.53. The van der Waals surface area contributed by atoms with Gasteiger partial charge < -0.3 is 10.2 Å². The summed E-state index contributed by atoms with van der Waals surface area (Å²) in [5, 5.41) is 20.5. The van der Waals surface area contributed by atoms with E-state index < -0.39 is 11.4 Å². The Bertz CT molecular complexity index is 628. The van der Waals surface area contributed by atoms with Gasteiger partial charge in [0.2, 0.25) is 0 Å². The van der Waals surface area contributed by atoms with E-state index in [1.165, 1.54) is 29.2 Å². The van der Waals surface area contributed by atoms with E-state index in [4.69, 9.17) is 10.8 Å². The highest BCUT2D eigenvalue weighted by atomic mass is 35.5. The van der Waals surface area contributed by atoms with Gasteiger partial charge in [-0.15, -0.1) is 12.4 Å². The molecule has 0 spiro atoms. The summed E-state index contributed by atoms with van der Waals surface area (Å²) in [7, 11) is 0.